The molecule has 0 aromatic heterocycles. The molecule has 0 aliphatic rings. The standard InChI is InChI=1S/C22H44O2/c1-6-11-14-19(9-4)17-20(10-5)18-22(21(23)24,15-12-7-2)16-13-8-3/h19-20H,6-18H2,1-5H3,(H,23,24). The van der Waals surface area contributed by atoms with Crippen LogP contribution in [0.25, 0.3) is 0 Å². The summed E-state index contributed by atoms with van der Waals surface area (Å²) in [7, 11) is 0. The van der Waals surface area contributed by atoms with Crippen LogP contribution in [0.2, 0.25) is 0 Å². The van der Waals surface area contributed by atoms with Gasteiger partial charge in [-0.3, -0.25) is 4.79 Å². The van der Waals surface area contributed by atoms with E-state index < -0.39 is 11.4 Å². The molecule has 144 valence electrons. The second kappa shape index (κ2) is 13.7. The minimum absolute atomic E-state index is 0.476. The van der Waals surface area contributed by atoms with Gasteiger partial charge in [0.2, 0.25) is 0 Å². The van der Waals surface area contributed by atoms with Crippen molar-refractivity contribution < 1.29 is 9.90 Å². The van der Waals surface area contributed by atoms with E-state index in [4.69, 9.17) is 0 Å². The molecule has 0 amide bonds. The average Bonchev–Trinajstić information content (AvgIpc) is 2.59. The molecular weight excluding hydrogens is 296 g/mol. The van der Waals surface area contributed by atoms with E-state index in [-0.39, 0.29) is 0 Å². The number of hydrogen-bond donors (Lipinski definition) is 1. The van der Waals surface area contributed by atoms with E-state index in [0.29, 0.717) is 5.92 Å². The molecule has 2 atom stereocenters. The molecule has 0 rings (SSSR count). The number of carbonyl (C=O) groups is 1. The Bertz CT molecular complexity index is 303. The van der Waals surface area contributed by atoms with E-state index in [2.05, 4.69) is 34.6 Å². The average molecular weight is 341 g/mol. The molecule has 0 fully saturated rings. The van der Waals surface area contributed by atoms with E-state index in [0.717, 1.165) is 57.3 Å². The first-order chi connectivity index (χ1) is 11.5. The topological polar surface area (TPSA) is 37.3 Å². The molecule has 2 unspecified atom stereocenters. The Kier molecular flexibility index (Phi) is 13.4. The lowest BCUT2D eigenvalue weighted by Crippen LogP contribution is -2.34. The number of rotatable bonds is 16. The first kappa shape index (κ1) is 23.5. The predicted molar refractivity (Wildman–Crippen MR) is 105 cm³/mol. The highest BCUT2D eigenvalue weighted by atomic mass is 16.4. The normalized spacial score (nSPS) is 14.5. The predicted octanol–water partition coefficient (Wildman–Crippen LogP) is 7.46. The molecule has 0 aromatic carbocycles. The monoisotopic (exact) mass is 340 g/mol. The Morgan fingerprint density at radius 1 is 0.833 bits per heavy atom. The number of aliphatic carboxylic acids is 1. The van der Waals surface area contributed by atoms with Gasteiger partial charge in [0.25, 0.3) is 0 Å². The van der Waals surface area contributed by atoms with E-state index in [9.17, 15) is 9.90 Å². The summed E-state index contributed by atoms with van der Waals surface area (Å²) in [4.78, 5) is 12.2. The van der Waals surface area contributed by atoms with Gasteiger partial charge < -0.3 is 5.11 Å². The third-order valence-corrected chi connectivity index (χ3v) is 5.94. The Hall–Kier alpha value is -0.530. The first-order valence-corrected chi connectivity index (χ1v) is 10.7. The Balaban J connectivity index is 5.05. The van der Waals surface area contributed by atoms with Crippen LogP contribution >= 0.6 is 0 Å². The van der Waals surface area contributed by atoms with Crippen LogP contribution in [0.4, 0.5) is 0 Å². The Morgan fingerprint density at radius 2 is 1.33 bits per heavy atom. The lowest BCUT2D eigenvalue weighted by molar-refractivity contribution is -0.151. The number of carboxylic acid groups (broad SMARTS) is 1. The highest BCUT2D eigenvalue weighted by Gasteiger charge is 2.39. The quantitative estimate of drug-likeness (QED) is 0.316. The fraction of sp³-hybridized carbons (Fsp3) is 0.955. The van der Waals surface area contributed by atoms with E-state index in [1.165, 1.54) is 32.1 Å². The second-order valence-electron chi connectivity index (χ2n) is 7.92. The van der Waals surface area contributed by atoms with Gasteiger partial charge in [-0.1, -0.05) is 92.4 Å². The summed E-state index contributed by atoms with van der Waals surface area (Å²) in [5, 5.41) is 10.1. The summed E-state index contributed by atoms with van der Waals surface area (Å²) in [5.74, 6) is 0.805. The second-order valence-corrected chi connectivity index (χ2v) is 7.92. The molecule has 0 aromatic rings. The molecule has 2 heteroatoms. The summed E-state index contributed by atoms with van der Waals surface area (Å²) in [6.07, 6.45) is 14.3. The molecule has 0 spiro atoms. The third kappa shape index (κ3) is 8.53. The molecule has 0 bridgehead atoms. The molecule has 0 aliphatic carbocycles. The summed E-state index contributed by atoms with van der Waals surface area (Å²) in [6, 6.07) is 0. The van der Waals surface area contributed by atoms with Crippen LogP contribution in [0.1, 0.15) is 118 Å². The van der Waals surface area contributed by atoms with Gasteiger partial charge in [0.1, 0.15) is 0 Å². The summed E-state index contributed by atoms with van der Waals surface area (Å²) in [6.45, 7) is 11.1. The smallest absolute Gasteiger partial charge is 0.309 e. The van der Waals surface area contributed by atoms with Crippen molar-refractivity contribution in [1.82, 2.24) is 0 Å². The molecule has 0 aliphatic heterocycles. The van der Waals surface area contributed by atoms with Crippen LogP contribution in [-0.4, -0.2) is 11.1 Å². The number of unbranched alkanes of at least 4 members (excludes halogenated alkanes) is 3. The summed E-state index contributed by atoms with van der Waals surface area (Å²) >= 11 is 0. The highest BCUT2D eigenvalue weighted by molar-refractivity contribution is 5.74. The van der Waals surface area contributed by atoms with Crippen molar-refractivity contribution in [2.24, 2.45) is 17.3 Å². The van der Waals surface area contributed by atoms with Crippen LogP contribution in [0.15, 0.2) is 0 Å². The molecule has 0 saturated heterocycles. The van der Waals surface area contributed by atoms with E-state index >= 15 is 0 Å². The summed E-state index contributed by atoms with van der Waals surface area (Å²) < 4.78 is 0. The molecule has 1 N–H and O–H groups in total. The molecule has 24 heavy (non-hydrogen) atoms. The molecule has 0 saturated carbocycles. The van der Waals surface area contributed by atoms with Crippen molar-refractivity contribution >= 4 is 5.97 Å². The van der Waals surface area contributed by atoms with Crippen molar-refractivity contribution in [3.63, 3.8) is 0 Å². The van der Waals surface area contributed by atoms with Gasteiger partial charge in [-0.05, 0) is 37.5 Å². The highest BCUT2D eigenvalue weighted by Crippen LogP contribution is 2.41. The summed E-state index contributed by atoms with van der Waals surface area (Å²) in [5.41, 5.74) is -0.476. The number of hydrogen-bond acceptors (Lipinski definition) is 1. The minimum atomic E-state index is -0.538. The fourth-order valence-electron chi connectivity index (χ4n) is 4.06. The van der Waals surface area contributed by atoms with Crippen LogP contribution in [-0.2, 0) is 4.79 Å². The minimum Gasteiger partial charge on any atom is -0.481 e. The van der Waals surface area contributed by atoms with Gasteiger partial charge in [0.05, 0.1) is 5.41 Å². The van der Waals surface area contributed by atoms with Crippen LogP contribution in [0, 0.1) is 17.3 Å². The van der Waals surface area contributed by atoms with Gasteiger partial charge in [0, 0.05) is 0 Å². The van der Waals surface area contributed by atoms with Gasteiger partial charge in [0.15, 0.2) is 0 Å². The maximum absolute atomic E-state index is 12.2. The van der Waals surface area contributed by atoms with Gasteiger partial charge in [-0.2, -0.15) is 0 Å². The molecule has 0 heterocycles. The lowest BCUT2D eigenvalue weighted by atomic mass is 9.69. The molecule has 2 nitrogen and oxygen atoms in total. The maximum Gasteiger partial charge on any atom is 0.309 e. The zero-order valence-electron chi connectivity index (χ0n) is 17.2. The first-order valence-electron chi connectivity index (χ1n) is 10.7. The van der Waals surface area contributed by atoms with E-state index in [1.807, 2.05) is 0 Å². The Morgan fingerprint density at radius 3 is 1.71 bits per heavy atom. The van der Waals surface area contributed by atoms with Crippen LogP contribution < -0.4 is 0 Å². The van der Waals surface area contributed by atoms with Gasteiger partial charge >= 0.3 is 5.97 Å². The van der Waals surface area contributed by atoms with E-state index in [1.54, 1.807) is 0 Å². The lowest BCUT2D eigenvalue weighted by Gasteiger charge is -2.34. The maximum atomic E-state index is 12.2. The van der Waals surface area contributed by atoms with Crippen molar-refractivity contribution in [3.05, 3.63) is 0 Å². The zero-order chi connectivity index (χ0) is 18.4. The van der Waals surface area contributed by atoms with Crippen molar-refractivity contribution in [1.29, 1.82) is 0 Å². The molecule has 0 radical (unpaired) electrons. The van der Waals surface area contributed by atoms with Gasteiger partial charge in [-0.25, -0.2) is 0 Å². The van der Waals surface area contributed by atoms with Crippen molar-refractivity contribution in [3.8, 4) is 0 Å². The molecular formula is C22H44O2. The SMILES string of the molecule is CCCCC(CC)CC(CC)CC(CCCC)(CCCC)C(=O)O. The fourth-order valence-corrected chi connectivity index (χ4v) is 4.06. The third-order valence-electron chi connectivity index (χ3n) is 5.94. The van der Waals surface area contributed by atoms with Crippen molar-refractivity contribution in [2.75, 3.05) is 0 Å². The number of carboxylic acids is 1. The van der Waals surface area contributed by atoms with Gasteiger partial charge in [-0.15, -0.1) is 0 Å². The van der Waals surface area contributed by atoms with Crippen molar-refractivity contribution in [2.45, 2.75) is 118 Å². The Labute approximate surface area is 151 Å². The zero-order valence-corrected chi connectivity index (χ0v) is 17.2. The van der Waals surface area contributed by atoms with Crippen LogP contribution in [0.3, 0.4) is 0 Å². The van der Waals surface area contributed by atoms with Crippen LogP contribution in [0.5, 0.6) is 0 Å². The largest absolute Gasteiger partial charge is 0.481 e.